The summed E-state index contributed by atoms with van der Waals surface area (Å²) >= 11 is 0. The van der Waals surface area contributed by atoms with Crippen LogP contribution in [0.2, 0.25) is 0 Å². The van der Waals surface area contributed by atoms with Crippen LogP contribution < -0.4 is 21.7 Å². The number of rotatable bonds is 12. The van der Waals surface area contributed by atoms with E-state index in [1.54, 1.807) is 6.20 Å². The third-order valence-electron chi connectivity index (χ3n) is 5.61. The summed E-state index contributed by atoms with van der Waals surface area (Å²) in [5, 5.41) is 26.6. The highest BCUT2D eigenvalue weighted by Crippen LogP contribution is 2.19. The number of amides is 3. The molecule has 1 aromatic carbocycles. The molecule has 9 N–H and O–H groups in total. The summed E-state index contributed by atoms with van der Waals surface area (Å²) in [4.78, 5) is 59.3. The average molecular weight is 500 g/mol. The fourth-order valence-corrected chi connectivity index (χ4v) is 3.60. The van der Waals surface area contributed by atoms with E-state index in [0.29, 0.717) is 11.3 Å². The van der Waals surface area contributed by atoms with Crippen molar-refractivity contribution in [2.24, 2.45) is 5.73 Å². The number of hydrogen-bond donors (Lipinski definition) is 8. The van der Waals surface area contributed by atoms with Crippen molar-refractivity contribution in [2.75, 3.05) is 6.61 Å². The molecule has 0 radical (unpaired) electrons. The van der Waals surface area contributed by atoms with E-state index in [9.17, 15) is 29.4 Å². The van der Waals surface area contributed by atoms with E-state index in [2.05, 4.69) is 30.9 Å². The second-order valence-corrected chi connectivity index (χ2v) is 8.32. The Labute approximate surface area is 205 Å². The van der Waals surface area contributed by atoms with Crippen molar-refractivity contribution in [1.29, 1.82) is 0 Å². The zero-order valence-electron chi connectivity index (χ0n) is 19.5. The van der Waals surface area contributed by atoms with Crippen LogP contribution in [-0.2, 0) is 32.0 Å². The van der Waals surface area contributed by atoms with E-state index in [0.717, 1.165) is 10.9 Å². The smallest absolute Gasteiger partial charge is 0.328 e. The first-order valence-corrected chi connectivity index (χ1v) is 11.2. The molecule has 3 aromatic rings. The van der Waals surface area contributed by atoms with Crippen molar-refractivity contribution in [3.8, 4) is 0 Å². The van der Waals surface area contributed by atoms with E-state index in [1.807, 2.05) is 24.3 Å². The van der Waals surface area contributed by atoms with Crippen molar-refractivity contribution in [1.82, 2.24) is 30.9 Å². The van der Waals surface area contributed by atoms with Gasteiger partial charge in [-0.05, 0) is 18.6 Å². The first-order chi connectivity index (χ1) is 17.2. The number of carbonyl (C=O) groups is 4. The van der Waals surface area contributed by atoms with Gasteiger partial charge in [0.2, 0.25) is 17.7 Å². The van der Waals surface area contributed by atoms with Gasteiger partial charge < -0.3 is 41.9 Å². The van der Waals surface area contributed by atoms with E-state index < -0.39 is 54.5 Å². The molecule has 0 saturated heterocycles. The number of aromatic amines is 2. The second-order valence-electron chi connectivity index (χ2n) is 8.32. The minimum atomic E-state index is -1.54. The molecular formula is C23H29N7O6. The van der Waals surface area contributed by atoms with Gasteiger partial charge in [0.1, 0.15) is 18.1 Å². The Morgan fingerprint density at radius 1 is 1.00 bits per heavy atom. The Balaban J connectivity index is 1.71. The molecule has 4 unspecified atom stereocenters. The summed E-state index contributed by atoms with van der Waals surface area (Å²) < 4.78 is 0. The quantitative estimate of drug-likeness (QED) is 0.147. The molecule has 13 nitrogen and oxygen atoms in total. The molecule has 13 heteroatoms. The van der Waals surface area contributed by atoms with Crippen LogP contribution >= 0.6 is 0 Å². The van der Waals surface area contributed by atoms with Crippen LogP contribution in [0.15, 0.2) is 43.0 Å². The fraction of sp³-hybridized carbons (Fsp3) is 0.348. The highest BCUT2D eigenvalue weighted by Gasteiger charge is 2.29. The zero-order chi connectivity index (χ0) is 26.2. The lowest BCUT2D eigenvalue weighted by Gasteiger charge is -2.23. The third kappa shape index (κ3) is 6.67. The molecule has 4 atom stereocenters. The van der Waals surface area contributed by atoms with Gasteiger partial charge in [-0.1, -0.05) is 18.2 Å². The number of nitrogens with zero attached hydrogens (tertiary/aromatic N) is 1. The maximum Gasteiger partial charge on any atom is 0.328 e. The van der Waals surface area contributed by atoms with Gasteiger partial charge in [-0.3, -0.25) is 14.4 Å². The Morgan fingerprint density at radius 3 is 2.39 bits per heavy atom. The van der Waals surface area contributed by atoms with Crippen molar-refractivity contribution in [2.45, 2.75) is 43.9 Å². The number of nitrogens with one attached hydrogen (secondary N) is 5. The highest BCUT2D eigenvalue weighted by molar-refractivity contribution is 5.94. The van der Waals surface area contributed by atoms with Gasteiger partial charge in [-0.25, -0.2) is 9.78 Å². The molecule has 3 amide bonds. The molecule has 192 valence electrons. The molecule has 0 aliphatic carbocycles. The summed E-state index contributed by atoms with van der Waals surface area (Å²) in [6.45, 7) is 0.611. The normalized spacial score (nSPS) is 14.4. The van der Waals surface area contributed by atoms with Crippen molar-refractivity contribution < 1.29 is 29.4 Å². The zero-order valence-corrected chi connectivity index (χ0v) is 19.5. The summed E-state index contributed by atoms with van der Waals surface area (Å²) in [7, 11) is 0. The number of H-pyrrole nitrogens is 2. The van der Waals surface area contributed by atoms with Gasteiger partial charge in [-0.2, -0.15) is 0 Å². The number of nitrogens with two attached hydrogens (primary N) is 1. The summed E-state index contributed by atoms with van der Waals surface area (Å²) in [5.41, 5.74) is 8.10. The molecule has 3 rings (SSSR count). The van der Waals surface area contributed by atoms with Gasteiger partial charge in [0.25, 0.3) is 0 Å². The molecule has 2 heterocycles. The number of aliphatic carboxylic acids is 1. The van der Waals surface area contributed by atoms with E-state index >= 15 is 0 Å². The van der Waals surface area contributed by atoms with Crippen LogP contribution in [0.4, 0.5) is 0 Å². The Hall–Kier alpha value is -4.23. The van der Waals surface area contributed by atoms with Gasteiger partial charge in [0, 0.05) is 41.8 Å². The third-order valence-corrected chi connectivity index (χ3v) is 5.61. The number of aliphatic hydroxyl groups excluding tert-OH is 1. The number of carboxylic acid groups (broad SMARTS) is 1. The predicted molar refractivity (Wildman–Crippen MR) is 128 cm³/mol. The monoisotopic (exact) mass is 499 g/mol. The molecule has 0 bridgehead atoms. The maximum atomic E-state index is 12.9. The Kier molecular flexibility index (Phi) is 8.76. The van der Waals surface area contributed by atoms with E-state index in [-0.39, 0.29) is 12.8 Å². The van der Waals surface area contributed by atoms with Crippen molar-refractivity contribution in [3.05, 3.63) is 54.2 Å². The van der Waals surface area contributed by atoms with Crippen molar-refractivity contribution >= 4 is 34.6 Å². The van der Waals surface area contributed by atoms with Gasteiger partial charge in [0.05, 0.1) is 19.0 Å². The average Bonchev–Trinajstić information content (AvgIpc) is 3.51. The molecule has 0 aliphatic rings. The lowest BCUT2D eigenvalue weighted by Crippen LogP contribution is -2.57. The van der Waals surface area contributed by atoms with Crippen LogP contribution in [0, 0.1) is 0 Å². The lowest BCUT2D eigenvalue weighted by molar-refractivity contribution is -0.143. The van der Waals surface area contributed by atoms with Crippen LogP contribution in [0.25, 0.3) is 10.9 Å². The number of aromatic nitrogens is 3. The number of aliphatic hydroxyl groups is 1. The van der Waals surface area contributed by atoms with Crippen LogP contribution in [0.1, 0.15) is 18.2 Å². The van der Waals surface area contributed by atoms with Gasteiger partial charge >= 0.3 is 5.97 Å². The molecule has 0 fully saturated rings. The van der Waals surface area contributed by atoms with E-state index in [4.69, 9.17) is 5.73 Å². The second kappa shape index (κ2) is 12.0. The summed E-state index contributed by atoms with van der Waals surface area (Å²) in [6.07, 6.45) is 4.90. The number of imidazole rings is 1. The number of hydrogen-bond acceptors (Lipinski definition) is 7. The number of benzene rings is 1. The van der Waals surface area contributed by atoms with Gasteiger partial charge in [-0.15, -0.1) is 0 Å². The summed E-state index contributed by atoms with van der Waals surface area (Å²) in [6, 6.07) is 2.64. The highest BCUT2D eigenvalue weighted by atomic mass is 16.4. The minimum absolute atomic E-state index is 0.0271. The fourth-order valence-electron chi connectivity index (χ4n) is 3.60. The van der Waals surface area contributed by atoms with Crippen molar-refractivity contribution in [3.63, 3.8) is 0 Å². The Morgan fingerprint density at radius 2 is 1.72 bits per heavy atom. The number of fused-ring (bicyclic) bond motifs is 1. The Bertz CT molecular complexity index is 1210. The molecule has 0 saturated carbocycles. The van der Waals surface area contributed by atoms with Crippen LogP contribution in [-0.4, -0.2) is 79.6 Å². The topological polar surface area (TPSA) is 215 Å². The first kappa shape index (κ1) is 26.4. The van der Waals surface area contributed by atoms with E-state index in [1.165, 1.54) is 19.4 Å². The number of para-hydroxylation sites is 1. The SMILES string of the molecule is CC(NC(=O)C(N)Cc1cnc[nH]1)C(=O)NC(Cc1c[nH]c2ccccc12)C(=O)NC(CO)C(=O)O. The lowest BCUT2D eigenvalue weighted by atomic mass is 10.0. The predicted octanol–water partition coefficient (Wildman–Crippen LogP) is -1.45. The van der Waals surface area contributed by atoms with Gasteiger partial charge in [0.15, 0.2) is 0 Å². The minimum Gasteiger partial charge on any atom is -0.480 e. The maximum absolute atomic E-state index is 12.9. The number of carbonyl (C=O) groups excluding carboxylic acids is 3. The largest absolute Gasteiger partial charge is 0.480 e. The number of carboxylic acids is 1. The molecule has 0 aliphatic heterocycles. The first-order valence-electron chi connectivity index (χ1n) is 11.2. The van der Waals surface area contributed by atoms with Crippen LogP contribution in [0.3, 0.4) is 0 Å². The molecule has 36 heavy (non-hydrogen) atoms. The molecule has 0 spiro atoms. The summed E-state index contributed by atoms with van der Waals surface area (Å²) in [5.74, 6) is -3.47. The van der Waals surface area contributed by atoms with Crippen LogP contribution in [0.5, 0.6) is 0 Å². The molecular weight excluding hydrogens is 470 g/mol. The standard InChI is InChI=1S/C23H29N7O6/c1-12(28-21(33)16(24)7-14-9-25-11-27-14)20(32)29-18(22(34)30-19(10-31)23(35)36)6-13-8-26-17-5-3-2-4-15(13)17/h2-5,8-9,11-12,16,18-19,26,31H,6-7,10,24H2,1H3,(H,25,27)(H,28,33)(H,29,32)(H,30,34)(H,35,36). The molecule has 2 aromatic heterocycles.